The van der Waals surface area contributed by atoms with Crippen LogP contribution < -0.4 is 10.1 Å². The third-order valence-electron chi connectivity index (χ3n) is 3.89. The van der Waals surface area contributed by atoms with Gasteiger partial charge in [0, 0.05) is 24.2 Å². The molecule has 2 aromatic carbocycles. The Morgan fingerprint density at radius 1 is 1.15 bits per heavy atom. The Bertz CT molecular complexity index is 587. The van der Waals surface area contributed by atoms with Crippen molar-refractivity contribution in [2.24, 2.45) is 0 Å². The van der Waals surface area contributed by atoms with Crippen molar-refractivity contribution in [3.63, 3.8) is 0 Å². The molecule has 20 heavy (non-hydrogen) atoms. The molecule has 0 aromatic heterocycles. The largest absolute Gasteiger partial charge is 0.497 e. The van der Waals surface area contributed by atoms with Gasteiger partial charge in [-0.3, -0.25) is 0 Å². The molecule has 1 aliphatic rings. The van der Waals surface area contributed by atoms with Crippen molar-refractivity contribution in [3.05, 3.63) is 65.0 Å². The number of benzene rings is 2. The Hall–Kier alpha value is -1.87. The lowest BCUT2D eigenvalue weighted by molar-refractivity contribution is 0.410. The lowest BCUT2D eigenvalue weighted by atomic mass is 10.1. The summed E-state index contributed by atoms with van der Waals surface area (Å²) in [5, 5.41) is 3.44. The summed E-state index contributed by atoms with van der Waals surface area (Å²) in [5.74, 6) is 0.340. The molecule has 0 heterocycles. The van der Waals surface area contributed by atoms with E-state index in [1.54, 1.807) is 19.2 Å². The molecule has 1 N–H and O–H groups in total. The number of nitrogens with one attached hydrogen (secondary N) is 1. The van der Waals surface area contributed by atoms with Gasteiger partial charge in [-0.2, -0.15) is 0 Å². The first-order valence-corrected chi connectivity index (χ1v) is 6.89. The van der Waals surface area contributed by atoms with E-state index in [0.29, 0.717) is 23.9 Å². The maximum absolute atomic E-state index is 13.9. The number of rotatable bonds is 4. The van der Waals surface area contributed by atoms with Crippen molar-refractivity contribution < 1.29 is 9.13 Å². The zero-order chi connectivity index (χ0) is 13.9. The van der Waals surface area contributed by atoms with Crippen LogP contribution in [0.4, 0.5) is 4.39 Å². The van der Waals surface area contributed by atoms with E-state index in [1.165, 1.54) is 17.2 Å². The molecule has 104 valence electrons. The maximum atomic E-state index is 13.9. The Labute approximate surface area is 118 Å². The van der Waals surface area contributed by atoms with E-state index in [9.17, 15) is 4.39 Å². The van der Waals surface area contributed by atoms with E-state index in [0.717, 1.165) is 12.8 Å². The minimum absolute atomic E-state index is 0.215. The molecule has 2 nitrogen and oxygen atoms in total. The summed E-state index contributed by atoms with van der Waals surface area (Å²) in [5.41, 5.74) is 3.49. The summed E-state index contributed by atoms with van der Waals surface area (Å²) >= 11 is 0. The van der Waals surface area contributed by atoms with E-state index >= 15 is 0 Å². The maximum Gasteiger partial charge on any atom is 0.131 e. The molecule has 2 aromatic rings. The molecule has 3 heteroatoms. The van der Waals surface area contributed by atoms with Gasteiger partial charge in [0.05, 0.1) is 7.11 Å². The van der Waals surface area contributed by atoms with Gasteiger partial charge in [-0.25, -0.2) is 4.39 Å². The molecule has 0 aliphatic heterocycles. The molecule has 0 saturated carbocycles. The van der Waals surface area contributed by atoms with Gasteiger partial charge in [-0.05, 0) is 30.0 Å². The van der Waals surface area contributed by atoms with Crippen molar-refractivity contribution in [3.8, 4) is 5.75 Å². The van der Waals surface area contributed by atoms with E-state index in [4.69, 9.17) is 4.74 Å². The lowest BCUT2D eigenvalue weighted by Crippen LogP contribution is -2.29. The van der Waals surface area contributed by atoms with Gasteiger partial charge in [0.15, 0.2) is 0 Å². The molecular formula is C17H18FNO. The van der Waals surface area contributed by atoms with Crippen LogP contribution in [0.1, 0.15) is 16.7 Å². The highest BCUT2D eigenvalue weighted by atomic mass is 19.1. The average Bonchev–Trinajstić information content (AvgIpc) is 2.88. The van der Waals surface area contributed by atoms with Gasteiger partial charge < -0.3 is 10.1 Å². The highest BCUT2D eigenvalue weighted by Crippen LogP contribution is 2.22. The molecule has 0 radical (unpaired) electrons. The number of fused-ring (bicyclic) bond motifs is 1. The van der Waals surface area contributed by atoms with Gasteiger partial charge in [0.2, 0.25) is 0 Å². The predicted octanol–water partition coefficient (Wildman–Crippen LogP) is 3.09. The van der Waals surface area contributed by atoms with Crippen molar-refractivity contribution in [2.75, 3.05) is 7.11 Å². The summed E-state index contributed by atoms with van der Waals surface area (Å²) in [7, 11) is 1.54. The summed E-state index contributed by atoms with van der Waals surface area (Å²) in [6, 6.07) is 13.9. The summed E-state index contributed by atoms with van der Waals surface area (Å²) in [6.07, 6.45) is 2.04. The second-order valence-corrected chi connectivity index (χ2v) is 5.21. The van der Waals surface area contributed by atoms with Crippen LogP contribution in [0.15, 0.2) is 42.5 Å². The van der Waals surface area contributed by atoms with Crippen LogP contribution in [0.5, 0.6) is 5.75 Å². The first-order chi connectivity index (χ1) is 9.76. The fourth-order valence-corrected chi connectivity index (χ4v) is 2.76. The molecule has 0 fully saturated rings. The van der Waals surface area contributed by atoms with Crippen LogP contribution in [-0.4, -0.2) is 13.2 Å². The van der Waals surface area contributed by atoms with Gasteiger partial charge in [-0.15, -0.1) is 0 Å². The zero-order valence-electron chi connectivity index (χ0n) is 11.5. The Kier molecular flexibility index (Phi) is 3.70. The summed E-state index contributed by atoms with van der Waals surface area (Å²) in [4.78, 5) is 0. The molecule has 0 saturated heterocycles. The van der Waals surface area contributed by atoms with Crippen molar-refractivity contribution in [1.29, 1.82) is 0 Å². The third kappa shape index (κ3) is 2.68. The SMILES string of the molecule is COc1ccc(CNC2Cc3ccccc3C2)c(F)c1. The van der Waals surface area contributed by atoms with Gasteiger partial charge in [0.25, 0.3) is 0 Å². The Morgan fingerprint density at radius 3 is 2.45 bits per heavy atom. The molecule has 0 spiro atoms. The minimum Gasteiger partial charge on any atom is -0.497 e. The van der Waals surface area contributed by atoms with Crippen LogP contribution in [0, 0.1) is 5.82 Å². The smallest absolute Gasteiger partial charge is 0.131 e. The van der Waals surface area contributed by atoms with Gasteiger partial charge >= 0.3 is 0 Å². The quantitative estimate of drug-likeness (QED) is 0.922. The Morgan fingerprint density at radius 2 is 1.85 bits per heavy atom. The van der Waals surface area contributed by atoms with Crippen molar-refractivity contribution in [2.45, 2.75) is 25.4 Å². The standard InChI is InChI=1S/C17H18FNO/c1-20-16-7-6-14(17(18)10-16)11-19-15-8-12-4-2-3-5-13(12)9-15/h2-7,10,15,19H,8-9,11H2,1H3. The highest BCUT2D eigenvalue weighted by Gasteiger charge is 2.20. The van der Waals surface area contributed by atoms with Crippen molar-refractivity contribution >= 4 is 0 Å². The van der Waals surface area contributed by atoms with Crippen LogP contribution in [0.3, 0.4) is 0 Å². The van der Waals surface area contributed by atoms with E-state index in [2.05, 4.69) is 29.6 Å². The number of methoxy groups -OCH3 is 1. The molecule has 0 amide bonds. The third-order valence-corrected chi connectivity index (χ3v) is 3.89. The highest BCUT2D eigenvalue weighted by molar-refractivity contribution is 5.33. The lowest BCUT2D eigenvalue weighted by Gasteiger charge is -2.13. The van der Waals surface area contributed by atoms with Crippen LogP contribution >= 0.6 is 0 Å². The molecule has 1 aliphatic carbocycles. The molecule has 3 rings (SSSR count). The number of hydrogen-bond donors (Lipinski definition) is 1. The fourth-order valence-electron chi connectivity index (χ4n) is 2.76. The van der Waals surface area contributed by atoms with Gasteiger partial charge in [-0.1, -0.05) is 30.3 Å². The van der Waals surface area contributed by atoms with Crippen LogP contribution in [0.25, 0.3) is 0 Å². The van der Waals surface area contributed by atoms with E-state index in [1.807, 2.05) is 0 Å². The number of hydrogen-bond acceptors (Lipinski definition) is 2. The van der Waals surface area contributed by atoms with Gasteiger partial charge in [0.1, 0.15) is 11.6 Å². The first kappa shape index (κ1) is 13.1. The average molecular weight is 271 g/mol. The van der Waals surface area contributed by atoms with E-state index in [-0.39, 0.29) is 5.82 Å². The zero-order valence-corrected chi connectivity index (χ0v) is 11.5. The van der Waals surface area contributed by atoms with Crippen LogP contribution in [0.2, 0.25) is 0 Å². The van der Waals surface area contributed by atoms with Crippen molar-refractivity contribution in [1.82, 2.24) is 5.32 Å². The van der Waals surface area contributed by atoms with E-state index < -0.39 is 0 Å². The molecule has 0 unspecified atom stereocenters. The predicted molar refractivity (Wildman–Crippen MR) is 77.4 cm³/mol. The first-order valence-electron chi connectivity index (χ1n) is 6.89. The number of ether oxygens (including phenoxy) is 1. The molecule has 0 bridgehead atoms. The topological polar surface area (TPSA) is 21.3 Å². The summed E-state index contributed by atoms with van der Waals surface area (Å²) < 4.78 is 18.9. The second-order valence-electron chi connectivity index (χ2n) is 5.21. The molecular weight excluding hydrogens is 253 g/mol. The second kappa shape index (κ2) is 5.63. The van der Waals surface area contributed by atoms with Crippen LogP contribution in [-0.2, 0) is 19.4 Å². The summed E-state index contributed by atoms with van der Waals surface area (Å²) in [6.45, 7) is 0.550. The number of halogens is 1. The Balaban J connectivity index is 1.61. The fraction of sp³-hybridized carbons (Fsp3) is 0.294. The normalized spacial score (nSPS) is 14.3. The minimum atomic E-state index is -0.215. The monoisotopic (exact) mass is 271 g/mol. The molecule has 0 atom stereocenters.